The van der Waals surface area contributed by atoms with Gasteiger partial charge in [0.15, 0.2) is 11.5 Å². The standard InChI is InChI=1S/C12H15NO.C9H11N.C2H6/c1-8-13-10-6-5-9(12(2,3)4)7-11(10)14-8;1-7-5-3-4-6-9(7)8(2)10;1-2/h5-7H,1-4H3;3-6,10H,1-2H3;1-2H3. The second-order valence-electron chi connectivity index (χ2n) is 7.11. The lowest BCUT2D eigenvalue weighted by atomic mass is 9.87. The molecule has 1 aromatic heterocycles. The normalized spacial score (nSPS) is 10.5. The van der Waals surface area contributed by atoms with Crippen molar-refractivity contribution in [1.29, 1.82) is 5.41 Å². The quantitative estimate of drug-likeness (QED) is 0.487. The molecule has 0 spiro atoms. The van der Waals surface area contributed by atoms with Crippen LogP contribution in [0.15, 0.2) is 46.9 Å². The highest BCUT2D eigenvalue weighted by molar-refractivity contribution is 5.97. The van der Waals surface area contributed by atoms with Crippen molar-refractivity contribution in [2.45, 2.75) is 60.8 Å². The van der Waals surface area contributed by atoms with Crippen molar-refractivity contribution in [3.8, 4) is 0 Å². The molecule has 3 aromatic rings. The second-order valence-corrected chi connectivity index (χ2v) is 7.11. The molecular formula is C23H32N2O. The zero-order chi connectivity index (χ0) is 19.9. The summed E-state index contributed by atoms with van der Waals surface area (Å²) in [6, 6.07) is 14.2. The molecule has 0 aliphatic rings. The van der Waals surface area contributed by atoms with Gasteiger partial charge in [-0.2, -0.15) is 0 Å². The van der Waals surface area contributed by atoms with E-state index in [9.17, 15) is 0 Å². The number of hydrogen-bond acceptors (Lipinski definition) is 3. The van der Waals surface area contributed by atoms with Crippen LogP contribution >= 0.6 is 0 Å². The van der Waals surface area contributed by atoms with E-state index in [2.05, 4.69) is 37.9 Å². The predicted octanol–water partition coefficient (Wildman–Crippen LogP) is 6.84. The first-order valence-corrected chi connectivity index (χ1v) is 9.17. The van der Waals surface area contributed by atoms with Crippen LogP contribution in [-0.4, -0.2) is 10.7 Å². The van der Waals surface area contributed by atoms with Crippen LogP contribution in [0, 0.1) is 19.3 Å². The maximum absolute atomic E-state index is 7.38. The number of hydrogen-bond donors (Lipinski definition) is 1. The molecule has 3 nitrogen and oxygen atoms in total. The third-order valence-electron chi connectivity index (χ3n) is 3.91. The first-order chi connectivity index (χ1) is 12.2. The van der Waals surface area contributed by atoms with Gasteiger partial charge in [-0.3, -0.25) is 0 Å². The molecule has 3 rings (SSSR count). The topological polar surface area (TPSA) is 49.9 Å². The van der Waals surface area contributed by atoms with E-state index in [-0.39, 0.29) is 5.41 Å². The van der Waals surface area contributed by atoms with Crippen LogP contribution in [0.3, 0.4) is 0 Å². The minimum atomic E-state index is 0.162. The Labute approximate surface area is 158 Å². The lowest BCUT2D eigenvalue weighted by Crippen LogP contribution is -2.10. The number of aromatic nitrogens is 1. The molecular weight excluding hydrogens is 320 g/mol. The van der Waals surface area contributed by atoms with Crippen molar-refractivity contribution in [1.82, 2.24) is 4.98 Å². The van der Waals surface area contributed by atoms with E-state index in [1.165, 1.54) is 11.1 Å². The first kappa shape index (κ1) is 21.6. The highest BCUT2D eigenvalue weighted by Gasteiger charge is 2.15. The summed E-state index contributed by atoms with van der Waals surface area (Å²) in [6.45, 7) is 16.3. The fraction of sp³-hybridized carbons (Fsp3) is 0.391. The average molecular weight is 353 g/mol. The van der Waals surface area contributed by atoms with Crippen molar-refractivity contribution in [3.63, 3.8) is 0 Å². The maximum Gasteiger partial charge on any atom is 0.192 e. The van der Waals surface area contributed by atoms with Gasteiger partial charge in [-0.25, -0.2) is 4.98 Å². The molecule has 2 aromatic carbocycles. The van der Waals surface area contributed by atoms with Gasteiger partial charge >= 0.3 is 0 Å². The minimum absolute atomic E-state index is 0.162. The number of fused-ring (bicyclic) bond motifs is 1. The van der Waals surface area contributed by atoms with Gasteiger partial charge in [0.05, 0.1) is 0 Å². The molecule has 3 heteroatoms. The molecule has 0 bridgehead atoms. The van der Waals surface area contributed by atoms with Crippen molar-refractivity contribution in [2.24, 2.45) is 0 Å². The van der Waals surface area contributed by atoms with E-state index in [0.717, 1.165) is 22.6 Å². The predicted molar refractivity (Wildman–Crippen MR) is 112 cm³/mol. The molecule has 0 atom stereocenters. The Morgan fingerprint density at radius 3 is 2.12 bits per heavy atom. The SMILES string of the molecule is CC.CC(=N)c1ccccc1C.Cc1nc2ccc(C(C)(C)C)cc2o1. The summed E-state index contributed by atoms with van der Waals surface area (Å²) >= 11 is 0. The van der Waals surface area contributed by atoms with Crippen molar-refractivity contribution in [3.05, 3.63) is 65.0 Å². The lowest BCUT2D eigenvalue weighted by molar-refractivity contribution is 0.555. The Morgan fingerprint density at radius 2 is 1.62 bits per heavy atom. The fourth-order valence-corrected chi connectivity index (χ4v) is 2.50. The number of nitrogens with one attached hydrogen (secondary N) is 1. The van der Waals surface area contributed by atoms with Gasteiger partial charge in [0, 0.05) is 12.6 Å². The van der Waals surface area contributed by atoms with Crippen LogP contribution in [0.1, 0.15) is 64.1 Å². The third-order valence-corrected chi connectivity index (χ3v) is 3.91. The average Bonchev–Trinajstić information content (AvgIpc) is 2.96. The summed E-state index contributed by atoms with van der Waals surface area (Å²) in [7, 11) is 0. The molecule has 0 fully saturated rings. The molecule has 0 radical (unpaired) electrons. The maximum atomic E-state index is 7.38. The minimum Gasteiger partial charge on any atom is -0.441 e. The van der Waals surface area contributed by atoms with Crippen LogP contribution in [0.4, 0.5) is 0 Å². The van der Waals surface area contributed by atoms with Gasteiger partial charge in [-0.1, -0.05) is 65.0 Å². The van der Waals surface area contributed by atoms with Crippen LogP contribution in [0.5, 0.6) is 0 Å². The number of rotatable bonds is 1. The van der Waals surface area contributed by atoms with Gasteiger partial charge in [-0.05, 0) is 48.1 Å². The molecule has 0 saturated heterocycles. The number of oxazole rings is 1. The Hall–Kier alpha value is -2.42. The summed E-state index contributed by atoms with van der Waals surface area (Å²) in [5.74, 6) is 0.728. The first-order valence-electron chi connectivity index (χ1n) is 9.17. The number of nitrogens with zero attached hydrogens (tertiary/aromatic N) is 1. The second kappa shape index (κ2) is 9.33. The summed E-state index contributed by atoms with van der Waals surface area (Å²) in [5.41, 5.74) is 6.12. The van der Waals surface area contributed by atoms with Gasteiger partial charge < -0.3 is 9.83 Å². The highest BCUT2D eigenvalue weighted by atomic mass is 16.3. The van der Waals surface area contributed by atoms with E-state index in [1.807, 2.05) is 65.0 Å². The summed E-state index contributed by atoms with van der Waals surface area (Å²) in [6.07, 6.45) is 0. The Bertz CT molecular complexity index is 854. The zero-order valence-electron chi connectivity index (χ0n) is 17.4. The smallest absolute Gasteiger partial charge is 0.192 e. The molecule has 140 valence electrons. The van der Waals surface area contributed by atoms with E-state index in [4.69, 9.17) is 9.83 Å². The summed E-state index contributed by atoms with van der Waals surface area (Å²) < 4.78 is 5.49. The summed E-state index contributed by atoms with van der Waals surface area (Å²) in [5, 5.41) is 7.38. The molecule has 0 aliphatic carbocycles. The number of aryl methyl sites for hydroxylation is 2. The Morgan fingerprint density at radius 1 is 1.00 bits per heavy atom. The molecule has 0 unspecified atom stereocenters. The monoisotopic (exact) mass is 352 g/mol. The van der Waals surface area contributed by atoms with Crippen molar-refractivity contribution >= 4 is 16.8 Å². The van der Waals surface area contributed by atoms with Crippen molar-refractivity contribution in [2.75, 3.05) is 0 Å². The van der Waals surface area contributed by atoms with Crippen LogP contribution in [0.2, 0.25) is 0 Å². The lowest BCUT2D eigenvalue weighted by Gasteiger charge is -2.18. The zero-order valence-corrected chi connectivity index (χ0v) is 17.4. The van der Waals surface area contributed by atoms with Crippen LogP contribution in [0.25, 0.3) is 11.1 Å². The van der Waals surface area contributed by atoms with Gasteiger partial charge in [0.25, 0.3) is 0 Å². The molecule has 0 aliphatic heterocycles. The van der Waals surface area contributed by atoms with Gasteiger partial charge in [-0.15, -0.1) is 0 Å². The fourth-order valence-electron chi connectivity index (χ4n) is 2.50. The molecule has 0 amide bonds. The van der Waals surface area contributed by atoms with E-state index in [1.54, 1.807) is 0 Å². The largest absolute Gasteiger partial charge is 0.441 e. The highest BCUT2D eigenvalue weighted by Crippen LogP contribution is 2.26. The van der Waals surface area contributed by atoms with Crippen LogP contribution in [-0.2, 0) is 5.41 Å². The molecule has 26 heavy (non-hydrogen) atoms. The number of benzene rings is 2. The van der Waals surface area contributed by atoms with Crippen molar-refractivity contribution < 1.29 is 4.42 Å². The Kier molecular flexibility index (Phi) is 7.76. The van der Waals surface area contributed by atoms with Crippen LogP contribution < -0.4 is 0 Å². The van der Waals surface area contributed by atoms with Gasteiger partial charge in [0.2, 0.25) is 0 Å². The molecule has 1 heterocycles. The Balaban J connectivity index is 0.000000249. The van der Waals surface area contributed by atoms with E-state index < -0.39 is 0 Å². The molecule has 1 N–H and O–H groups in total. The van der Waals surface area contributed by atoms with Gasteiger partial charge in [0.1, 0.15) is 5.52 Å². The van der Waals surface area contributed by atoms with E-state index >= 15 is 0 Å². The van der Waals surface area contributed by atoms with E-state index in [0.29, 0.717) is 5.71 Å². The third kappa shape index (κ3) is 5.83. The molecule has 0 saturated carbocycles. The summed E-state index contributed by atoms with van der Waals surface area (Å²) in [4.78, 5) is 4.27.